The van der Waals surface area contributed by atoms with E-state index in [4.69, 9.17) is 15.0 Å². The van der Waals surface area contributed by atoms with E-state index >= 15 is 0 Å². The van der Waals surface area contributed by atoms with Crippen LogP contribution < -0.4 is 0 Å². The Morgan fingerprint density at radius 3 is 1.30 bits per heavy atom. The third-order valence-corrected chi connectivity index (χ3v) is 10.5. The lowest BCUT2D eigenvalue weighted by atomic mass is 9.92. The second kappa shape index (κ2) is 14.4. The van der Waals surface area contributed by atoms with E-state index in [-0.39, 0.29) is 0 Å². The van der Waals surface area contributed by atoms with Gasteiger partial charge in [-0.1, -0.05) is 182 Å². The molecule has 0 atom stereocenters. The van der Waals surface area contributed by atoms with Crippen LogP contribution in [-0.4, -0.2) is 15.0 Å². The lowest BCUT2D eigenvalue weighted by Gasteiger charge is -2.14. The van der Waals surface area contributed by atoms with Crippen LogP contribution in [0.25, 0.3) is 100 Å². The minimum absolute atomic E-state index is 0.703. The maximum Gasteiger partial charge on any atom is 0.160 e. The van der Waals surface area contributed by atoms with Gasteiger partial charge >= 0.3 is 0 Å². The Morgan fingerprint density at radius 2 is 0.732 bits per heavy atom. The number of hydrogen-bond acceptors (Lipinski definition) is 3. The van der Waals surface area contributed by atoms with Crippen LogP contribution in [0, 0.1) is 0 Å². The highest BCUT2D eigenvalue weighted by Gasteiger charge is 2.15. The largest absolute Gasteiger partial charge is 0.248 e. The van der Waals surface area contributed by atoms with Gasteiger partial charge in [-0.25, -0.2) is 15.0 Å². The summed E-state index contributed by atoms with van der Waals surface area (Å²) in [5.74, 6) is 0.703. The van der Waals surface area contributed by atoms with Gasteiger partial charge in [0.2, 0.25) is 0 Å². The van der Waals surface area contributed by atoms with Crippen LogP contribution in [0.4, 0.5) is 0 Å². The van der Waals surface area contributed by atoms with Crippen LogP contribution in [0.2, 0.25) is 0 Å². The first-order chi connectivity index (χ1) is 27.7. The van der Waals surface area contributed by atoms with E-state index in [2.05, 4.69) is 170 Å². The quantitative estimate of drug-likeness (QED) is 0.154. The lowest BCUT2D eigenvalue weighted by Crippen LogP contribution is -1.96. The molecule has 8 aromatic carbocycles. The fourth-order valence-corrected chi connectivity index (χ4v) is 7.63. The molecule has 0 aliphatic heterocycles. The zero-order valence-electron chi connectivity index (χ0n) is 30.5. The summed E-state index contributed by atoms with van der Waals surface area (Å²) in [6, 6.07) is 74.5. The number of fused-ring (bicyclic) bond motifs is 3. The second-order valence-corrected chi connectivity index (χ2v) is 14.0. The molecule has 0 saturated heterocycles. The molecule has 10 rings (SSSR count). The minimum Gasteiger partial charge on any atom is -0.248 e. The van der Waals surface area contributed by atoms with Crippen LogP contribution >= 0.6 is 0 Å². The first-order valence-corrected chi connectivity index (χ1v) is 18.9. The minimum atomic E-state index is 0.703. The third kappa shape index (κ3) is 6.42. The molecule has 0 spiro atoms. The summed E-state index contributed by atoms with van der Waals surface area (Å²) in [6.45, 7) is 0. The van der Waals surface area contributed by atoms with Gasteiger partial charge in [0.05, 0.1) is 22.6 Å². The molecule has 0 radical (unpaired) electrons. The average molecular weight is 714 g/mol. The zero-order chi connectivity index (χ0) is 37.3. The first-order valence-electron chi connectivity index (χ1n) is 18.9. The predicted molar refractivity (Wildman–Crippen MR) is 233 cm³/mol. The molecule has 0 N–H and O–H groups in total. The number of nitrogens with zero attached hydrogens (tertiary/aromatic N) is 3. The molecule has 0 aliphatic carbocycles. The van der Waals surface area contributed by atoms with Crippen molar-refractivity contribution >= 4 is 21.7 Å². The van der Waals surface area contributed by atoms with Crippen molar-refractivity contribution in [2.75, 3.05) is 0 Å². The van der Waals surface area contributed by atoms with Crippen molar-refractivity contribution in [3.63, 3.8) is 0 Å². The molecular weight excluding hydrogens is 679 g/mol. The van der Waals surface area contributed by atoms with Gasteiger partial charge in [-0.15, -0.1) is 0 Å². The highest BCUT2D eigenvalue weighted by molar-refractivity contribution is 6.14. The molecule has 0 fully saturated rings. The zero-order valence-corrected chi connectivity index (χ0v) is 30.5. The molecule has 0 saturated carbocycles. The molecule has 56 heavy (non-hydrogen) atoms. The molecule has 0 bridgehead atoms. The number of benzene rings is 8. The van der Waals surface area contributed by atoms with E-state index in [1.54, 1.807) is 0 Å². The number of rotatable bonds is 7. The Hall–Kier alpha value is -7.49. The van der Waals surface area contributed by atoms with E-state index < -0.39 is 0 Å². The van der Waals surface area contributed by atoms with Crippen molar-refractivity contribution in [2.24, 2.45) is 0 Å². The van der Waals surface area contributed by atoms with Crippen LogP contribution in [-0.2, 0) is 0 Å². The van der Waals surface area contributed by atoms with E-state index in [0.29, 0.717) is 5.82 Å². The van der Waals surface area contributed by atoms with Crippen molar-refractivity contribution in [3.8, 4) is 78.5 Å². The van der Waals surface area contributed by atoms with Gasteiger partial charge in [0.15, 0.2) is 5.82 Å². The van der Waals surface area contributed by atoms with Crippen LogP contribution in [0.1, 0.15) is 0 Å². The fraction of sp³-hybridized carbons (Fsp3) is 0. The second-order valence-electron chi connectivity index (χ2n) is 14.0. The first kappa shape index (κ1) is 33.1. The third-order valence-electron chi connectivity index (χ3n) is 10.5. The number of aromatic nitrogens is 3. The van der Waals surface area contributed by atoms with Crippen molar-refractivity contribution < 1.29 is 0 Å². The summed E-state index contributed by atoms with van der Waals surface area (Å²) in [7, 11) is 0. The number of pyridine rings is 1. The highest BCUT2D eigenvalue weighted by atomic mass is 14.9. The maximum absolute atomic E-state index is 5.15. The maximum atomic E-state index is 5.15. The smallest absolute Gasteiger partial charge is 0.160 e. The van der Waals surface area contributed by atoms with Gasteiger partial charge < -0.3 is 0 Å². The monoisotopic (exact) mass is 713 g/mol. The van der Waals surface area contributed by atoms with Gasteiger partial charge in [-0.05, 0) is 74.5 Å². The molecular formula is C53H35N3. The van der Waals surface area contributed by atoms with Gasteiger partial charge in [-0.3, -0.25) is 0 Å². The number of hydrogen-bond donors (Lipinski definition) is 0. The van der Waals surface area contributed by atoms with Crippen molar-refractivity contribution in [3.05, 3.63) is 212 Å². The Labute approximate surface area is 326 Å². The molecule has 3 nitrogen and oxygen atoms in total. The van der Waals surface area contributed by atoms with Crippen molar-refractivity contribution in [1.82, 2.24) is 15.0 Å². The summed E-state index contributed by atoms with van der Waals surface area (Å²) in [4.78, 5) is 15.3. The standard InChI is InChI=1S/C53H35N3/c1-5-14-38(15-6-1)47-34-49(39-16-7-2-8-17-39)54-48-31-29-44-32-43(28-30-46(44)52(47)48)37-26-24-36(25-27-37)42-22-13-23-45(33-42)53-55-50(40-18-9-3-10-19-40)35-51(56-53)41-20-11-4-12-21-41/h1-35H. The predicted octanol–water partition coefficient (Wildman–Crippen LogP) is 13.8. The average Bonchev–Trinajstić information content (AvgIpc) is 3.29. The summed E-state index contributed by atoms with van der Waals surface area (Å²) >= 11 is 0. The van der Waals surface area contributed by atoms with E-state index in [1.807, 2.05) is 42.5 Å². The summed E-state index contributed by atoms with van der Waals surface area (Å²) in [6.07, 6.45) is 0. The Bertz CT molecular complexity index is 2920. The molecule has 3 heteroatoms. The highest BCUT2D eigenvalue weighted by Crippen LogP contribution is 2.38. The normalized spacial score (nSPS) is 11.2. The molecule has 0 aliphatic rings. The van der Waals surface area contributed by atoms with E-state index in [0.717, 1.165) is 56.0 Å². The van der Waals surface area contributed by atoms with E-state index in [9.17, 15) is 0 Å². The molecule has 2 aromatic heterocycles. The van der Waals surface area contributed by atoms with Crippen molar-refractivity contribution in [1.29, 1.82) is 0 Å². The van der Waals surface area contributed by atoms with Crippen molar-refractivity contribution in [2.45, 2.75) is 0 Å². The topological polar surface area (TPSA) is 38.7 Å². The van der Waals surface area contributed by atoms with Gasteiger partial charge in [0, 0.05) is 27.6 Å². The molecule has 10 aromatic rings. The van der Waals surface area contributed by atoms with Crippen LogP contribution in [0.5, 0.6) is 0 Å². The van der Waals surface area contributed by atoms with Crippen LogP contribution in [0.15, 0.2) is 212 Å². The Balaban J connectivity index is 0.996. The SMILES string of the molecule is c1ccc(-c2cc(-c3ccccc3)nc(-c3cccc(-c4ccc(-c5ccc6c(ccc7nc(-c8ccccc8)cc(-c8ccccc8)c76)c5)cc4)c3)n2)cc1. The summed E-state index contributed by atoms with van der Waals surface area (Å²) in [5, 5.41) is 3.55. The van der Waals surface area contributed by atoms with Gasteiger partial charge in [0.25, 0.3) is 0 Å². The summed E-state index contributed by atoms with van der Waals surface area (Å²) in [5.41, 5.74) is 14.9. The van der Waals surface area contributed by atoms with Gasteiger partial charge in [-0.2, -0.15) is 0 Å². The molecule has 0 amide bonds. The Kier molecular flexibility index (Phi) is 8.51. The Morgan fingerprint density at radius 1 is 0.268 bits per heavy atom. The van der Waals surface area contributed by atoms with Gasteiger partial charge in [0.1, 0.15) is 0 Å². The van der Waals surface area contributed by atoms with Crippen LogP contribution in [0.3, 0.4) is 0 Å². The van der Waals surface area contributed by atoms with E-state index in [1.165, 1.54) is 38.4 Å². The molecule has 2 heterocycles. The fourth-order valence-electron chi connectivity index (χ4n) is 7.63. The molecule has 0 unspecified atom stereocenters. The summed E-state index contributed by atoms with van der Waals surface area (Å²) < 4.78 is 0. The molecule has 262 valence electrons. The lowest BCUT2D eigenvalue weighted by molar-refractivity contribution is 1.18.